The van der Waals surface area contributed by atoms with Gasteiger partial charge >= 0.3 is 0 Å². The molecule has 0 heterocycles. The SMILES string of the molecule is C[C@@H](O)c1ccc(Oc2ccc(Cl)cc2Br)c(Cl)c1. The van der Waals surface area contributed by atoms with Crippen LogP contribution in [-0.2, 0) is 0 Å². The molecule has 0 saturated heterocycles. The molecule has 0 aliphatic heterocycles. The van der Waals surface area contributed by atoms with Crippen LogP contribution < -0.4 is 4.74 Å². The zero-order valence-corrected chi connectivity index (χ0v) is 13.1. The average molecular weight is 362 g/mol. The largest absolute Gasteiger partial charge is 0.455 e. The normalized spacial score (nSPS) is 12.3. The molecule has 0 amide bonds. The van der Waals surface area contributed by atoms with Crippen LogP contribution in [-0.4, -0.2) is 5.11 Å². The van der Waals surface area contributed by atoms with Crippen LogP contribution in [0.3, 0.4) is 0 Å². The third-order valence-electron chi connectivity index (χ3n) is 2.55. The van der Waals surface area contributed by atoms with E-state index in [2.05, 4.69) is 15.9 Å². The lowest BCUT2D eigenvalue weighted by Gasteiger charge is -2.11. The van der Waals surface area contributed by atoms with Crippen LogP contribution >= 0.6 is 39.1 Å². The lowest BCUT2D eigenvalue weighted by molar-refractivity contribution is 0.199. The van der Waals surface area contributed by atoms with E-state index in [9.17, 15) is 5.11 Å². The lowest BCUT2D eigenvalue weighted by atomic mass is 10.1. The second kappa shape index (κ2) is 6.14. The summed E-state index contributed by atoms with van der Waals surface area (Å²) in [6, 6.07) is 10.4. The molecule has 1 N–H and O–H groups in total. The zero-order chi connectivity index (χ0) is 14.0. The zero-order valence-electron chi connectivity index (χ0n) is 10.0. The van der Waals surface area contributed by atoms with Crippen molar-refractivity contribution in [3.8, 4) is 11.5 Å². The van der Waals surface area contributed by atoms with Gasteiger partial charge in [0.1, 0.15) is 11.5 Å². The molecule has 2 aromatic rings. The van der Waals surface area contributed by atoms with Gasteiger partial charge in [0.05, 0.1) is 15.6 Å². The molecule has 0 saturated carbocycles. The van der Waals surface area contributed by atoms with E-state index >= 15 is 0 Å². The van der Waals surface area contributed by atoms with E-state index in [1.165, 1.54) is 0 Å². The summed E-state index contributed by atoms with van der Waals surface area (Å²) in [5.74, 6) is 1.14. The second-order valence-corrected chi connectivity index (χ2v) is 5.74. The van der Waals surface area contributed by atoms with Crippen LogP contribution in [0.5, 0.6) is 11.5 Å². The minimum Gasteiger partial charge on any atom is -0.455 e. The van der Waals surface area contributed by atoms with Crippen molar-refractivity contribution in [2.45, 2.75) is 13.0 Å². The molecular formula is C14H11BrCl2O2. The molecule has 0 aliphatic carbocycles. The summed E-state index contributed by atoms with van der Waals surface area (Å²) in [5.41, 5.74) is 0.743. The fraction of sp³-hybridized carbons (Fsp3) is 0.143. The Morgan fingerprint density at radius 1 is 1.11 bits per heavy atom. The van der Waals surface area contributed by atoms with Crippen LogP contribution in [0.25, 0.3) is 0 Å². The van der Waals surface area contributed by atoms with Crippen LogP contribution in [0.2, 0.25) is 10.0 Å². The van der Waals surface area contributed by atoms with Crippen LogP contribution in [0.1, 0.15) is 18.6 Å². The van der Waals surface area contributed by atoms with Gasteiger partial charge in [-0.3, -0.25) is 0 Å². The minimum absolute atomic E-state index is 0.445. The van der Waals surface area contributed by atoms with Crippen molar-refractivity contribution in [3.05, 3.63) is 56.5 Å². The Labute approximate surface area is 130 Å². The molecule has 0 aromatic heterocycles. The lowest BCUT2D eigenvalue weighted by Crippen LogP contribution is -1.92. The molecule has 2 nitrogen and oxygen atoms in total. The Morgan fingerprint density at radius 2 is 1.79 bits per heavy atom. The molecular weight excluding hydrogens is 351 g/mol. The van der Waals surface area contributed by atoms with Gasteiger partial charge in [0.25, 0.3) is 0 Å². The second-order valence-electron chi connectivity index (χ2n) is 4.04. The highest BCUT2D eigenvalue weighted by Crippen LogP contribution is 2.36. The molecule has 0 bridgehead atoms. The van der Waals surface area contributed by atoms with Crippen molar-refractivity contribution in [3.63, 3.8) is 0 Å². The highest BCUT2D eigenvalue weighted by Gasteiger charge is 2.09. The van der Waals surface area contributed by atoms with Gasteiger partial charge in [0.2, 0.25) is 0 Å². The van der Waals surface area contributed by atoms with E-state index in [1.807, 2.05) is 0 Å². The maximum atomic E-state index is 9.48. The molecule has 2 rings (SSSR count). The Balaban J connectivity index is 2.28. The van der Waals surface area contributed by atoms with E-state index in [-0.39, 0.29) is 0 Å². The topological polar surface area (TPSA) is 29.5 Å². The summed E-state index contributed by atoms with van der Waals surface area (Å²) < 4.78 is 6.46. The van der Waals surface area contributed by atoms with Crippen molar-refractivity contribution in [1.29, 1.82) is 0 Å². The summed E-state index contributed by atoms with van der Waals surface area (Å²) in [5, 5.41) is 10.5. The Bertz CT molecular complexity index is 600. The quantitative estimate of drug-likeness (QED) is 0.770. The molecule has 0 unspecified atom stereocenters. The first-order valence-corrected chi connectivity index (χ1v) is 7.12. The number of rotatable bonds is 3. The molecule has 100 valence electrons. The van der Waals surface area contributed by atoms with Gasteiger partial charge < -0.3 is 9.84 Å². The molecule has 0 spiro atoms. The number of hydrogen-bond acceptors (Lipinski definition) is 2. The highest BCUT2D eigenvalue weighted by atomic mass is 79.9. The van der Waals surface area contributed by atoms with Crippen molar-refractivity contribution in [1.82, 2.24) is 0 Å². The smallest absolute Gasteiger partial charge is 0.146 e. The summed E-state index contributed by atoms with van der Waals surface area (Å²) >= 11 is 15.4. The van der Waals surface area contributed by atoms with E-state index in [4.69, 9.17) is 27.9 Å². The number of aliphatic hydroxyl groups excluding tert-OH is 1. The molecule has 0 fully saturated rings. The van der Waals surface area contributed by atoms with Gasteiger partial charge in [-0.05, 0) is 58.7 Å². The maximum Gasteiger partial charge on any atom is 0.146 e. The Morgan fingerprint density at radius 3 is 2.37 bits per heavy atom. The first kappa shape index (κ1) is 14.7. The van der Waals surface area contributed by atoms with Gasteiger partial charge in [-0.25, -0.2) is 0 Å². The van der Waals surface area contributed by atoms with Crippen molar-refractivity contribution >= 4 is 39.1 Å². The van der Waals surface area contributed by atoms with E-state index in [1.54, 1.807) is 43.3 Å². The van der Waals surface area contributed by atoms with E-state index in [0.717, 1.165) is 10.0 Å². The van der Waals surface area contributed by atoms with Gasteiger partial charge in [-0.2, -0.15) is 0 Å². The maximum absolute atomic E-state index is 9.48. The van der Waals surface area contributed by atoms with E-state index in [0.29, 0.717) is 21.5 Å². The number of halogens is 3. The molecule has 2 aromatic carbocycles. The average Bonchev–Trinajstić information content (AvgIpc) is 2.34. The van der Waals surface area contributed by atoms with Crippen molar-refractivity contribution in [2.75, 3.05) is 0 Å². The Kier molecular flexibility index (Phi) is 4.74. The fourth-order valence-corrected chi connectivity index (χ4v) is 2.53. The first-order valence-electron chi connectivity index (χ1n) is 5.58. The van der Waals surface area contributed by atoms with E-state index < -0.39 is 6.10 Å². The third kappa shape index (κ3) is 3.63. The number of aliphatic hydroxyl groups is 1. The van der Waals surface area contributed by atoms with Crippen LogP contribution in [0.4, 0.5) is 0 Å². The first-order chi connectivity index (χ1) is 8.97. The highest BCUT2D eigenvalue weighted by molar-refractivity contribution is 9.10. The predicted molar refractivity (Wildman–Crippen MR) is 81.3 cm³/mol. The molecule has 19 heavy (non-hydrogen) atoms. The predicted octanol–water partition coefficient (Wildman–Crippen LogP) is 5.60. The van der Waals surface area contributed by atoms with Crippen LogP contribution in [0, 0.1) is 0 Å². The van der Waals surface area contributed by atoms with Gasteiger partial charge in [0.15, 0.2) is 0 Å². The number of ether oxygens (including phenoxy) is 1. The monoisotopic (exact) mass is 360 g/mol. The number of benzene rings is 2. The minimum atomic E-state index is -0.561. The summed E-state index contributed by atoms with van der Waals surface area (Å²) in [6.45, 7) is 1.68. The summed E-state index contributed by atoms with van der Waals surface area (Å²) in [6.07, 6.45) is -0.561. The van der Waals surface area contributed by atoms with Gasteiger partial charge in [-0.15, -0.1) is 0 Å². The molecule has 0 radical (unpaired) electrons. The summed E-state index contributed by atoms with van der Waals surface area (Å²) in [4.78, 5) is 0. The Hall–Kier alpha value is -0.740. The number of hydrogen-bond donors (Lipinski definition) is 1. The van der Waals surface area contributed by atoms with Crippen LogP contribution in [0.15, 0.2) is 40.9 Å². The third-order valence-corrected chi connectivity index (χ3v) is 3.70. The van der Waals surface area contributed by atoms with Gasteiger partial charge in [0, 0.05) is 5.02 Å². The van der Waals surface area contributed by atoms with Crippen molar-refractivity contribution < 1.29 is 9.84 Å². The fourth-order valence-electron chi connectivity index (χ4n) is 1.54. The molecule has 0 aliphatic rings. The molecule has 5 heteroatoms. The van der Waals surface area contributed by atoms with Crippen molar-refractivity contribution in [2.24, 2.45) is 0 Å². The molecule has 1 atom stereocenters. The summed E-state index contributed by atoms with van der Waals surface area (Å²) in [7, 11) is 0. The standard InChI is InChI=1S/C14H11BrCl2O2/c1-8(18)9-2-4-14(12(17)6-9)19-13-5-3-10(16)7-11(13)15/h2-8,18H,1H3/t8-/m1/s1. The van der Waals surface area contributed by atoms with Gasteiger partial charge in [-0.1, -0.05) is 29.3 Å².